The molecule has 0 rings (SSSR count). The number of hydrogen-bond donors (Lipinski definition) is 0. The molecule has 3 radical (unpaired) electrons. The van der Waals surface area contributed by atoms with Crippen LogP contribution in [0.15, 0.2) is 11.8 Å². The van der Waals surface area contributed by atoms with Gasteiger partial charge in [-0.3, -0.25) is 9.47 Å². The van der Waals surface area contributed by atoms with Crippen LogP contribution in [-0.4, -0.2) is 52.9 Å². The molecule has 2 nitrogen and oxygen atoms in total. The van der Waals surface area contributed by atoms with Gasteiger partial charge in [-0.25, -0.2) is 0 Å². The summed E-state index contributed by atoms with van der Waals surface area (Å²) in [5.74, 6) is -14.1. The lowest BCUT2D eigenvalue weighted by molar-refractivity contribution is -0.481. The van der Waals surface area contributed by atoms with Gasteiger partial charge in [0.25, 0.3) is 0 Å². The van der Waals surface area contributed by atoms with Crippen molar-refractivity contribution in [3.05, 3.63) is 11.8 Å². The van der Waals surface area contributed by atoms with Crippen LogP contribution in [-0.2, 0) is 9.47 Å². The van der Waals surface area contributed by atoms with Gasteiger partial charge in [-0.05, 0) is 5.20 Å². The van der Waals surface area contributed by atoms with Crippen LogP contribution in [0.5, 0.6) is 0 Å². The highest BCUT2D eigenvalue weighted by molar-refractivity contribution is 6.21. The molecule has 0 heterocycles. The maximum absolute atomic E-state index is 12.9. The van der Waals surface area contributed by atoms with Crippen LogP contribution in [0, 0.1) is 0 Å². The lowest BCUT2D eigenvalue weighted by atomic mass is 10.3. The van der Waals surface area contributed by atoms with Crippen molar-refractivity contribution < 1.29 is 70.9 Å². The highest BCUT2D eigenvalue weighted by atomic mass is 28.1. The quantitative estimate of drug-likeness (QED) is 0.329. The molecule has 26 heavy (non-hydrogen) atoms. The first kappa shape index (κ1) is 24.9. The molecule has 0 unspecified atom stereocenters. The summed E-state index contributed by atoms with van der Waals surface area (Å²) in [6.07, 6.45) is -31.5. The van der Waals surface area contributed by atoms with E-state index in [1.54, 1.807) is 0 Å². The molecule has 0 aromatic heterocycles. The van der Waals surface area contributed by atoms with Crippen molar-refractivity contribution in [1.29, 1.82) is 0 Å². The van der Waals surface area contributed by atoms with Gasteiger partial charge in [0.1, 0.15) is 0 Å². The van der Waals surface area contributed by atoms with Gasteiger partial charge >= 0.3 is 36.4 Å². The third-order valence-corrected chi connectivity index (χ3v) is 2.47. The lowest BCUT2D eigenvalue weighted by Gasteiger charge is -2.34. The predicted molar refractivity (Wildman–Crippen MR) is 52.7 cm³/mol. The molecule has 0 aliphatic carbocycles. The monoisotopic (exact) mass is 437 g/mol. The van der Waals surface area contributed by atoms with Gasteiger partial charge in [0, 0.05) is 0 Å². The Balaban J connectivity index is 5.77. The summed E-state index contributed by atoms with van der Waals surface area (Å²) < 4.78 is 178. The SMILES string of the molecule is C=C([Si])C(OC(F)(F)C(F)(F)C(F)(F)F)OC(F)(F)C(F)(F)C(F)(F)F. The minimum atomic E-state index is -7.06. The molecule has 0 spiro atoms. The van der Waals surface area contributed by atoms with E-state index in [0.717, 1.165) is 0 Å². The Labute approximate surface area is 137 Å². The minimum Gasteiger partial charge on any atom is -0.282 e. The van der Waals surface area contributed by atoms with Crippen molar-refractivity contribution >= 4 is 10.2 Å². The summed E-state index contributed by atoms with van der Waals surface area (Å²) in [7, 11) is 1.87. The van der Waals surface area contributed by atoms with Crippen molar-refractivity contribution in [3.63, 3.8) is 0 Å². The number of ether oxygens (including phenoxy) is 2. The largest absolute Gasteiger partial charge is 0.462 e. The van der Waals surface area contributed by atoms with E-state index in [-0.39, 0.29) is 0 Å². The highest BCUT2D eigenvalue weighted by Crippen LogP contribution is 2.50. The van der Waals surface area contributed by atoms with Crippen molar-refractivity contribution in [2.45, 2.75) is 42.7 Å². The molecule has 0 aliphatic heterocycles. The van der Waals surface area contributed by atoms with Crippen LogP contribution < -0.4 is 0 Å². The van der Waals surface area contributed by atoms with E-state index in [1.807, 2.05) is 10.2 Å². The zero-order chi connectivity index (χ0) is 21.6. The minimum absolute atomic E-state index is 1.65. The van der Waals surface area contributed by atoms with Crippen LogP contribution in [0.2, 0.25) is 0 Å². The zero-order valence-corrected chi connectivity index (χ0v) is 12.4. The lowest BCUT2D eigenvalue weighted by Crippen LogP contribution is -2.58. The van der Waals surface area contributed by atoms with Crippen LogP contribution in [0.25, 0.3) is 0 Å². The molecule has 0 saturated carbocycles. The second-order valence-corrected chi connectivity index (χ2v) is 4.91. The van der Waals surface area contributed by atoms with E-state index in [1.165, 1.54) is 0 Å². The Bertz CT molecular complexity index is 481. The van der Waals surface area contributed by atoms with E-state index in [4.69, 9.17) is 0 Å². The molecule has 153 valence electrons. The summed E-state index contributed by atoms with van der Waals surface area (Å²) >= 11 is 0. The Kier molecular flexibility index (Phi) is 6.52. The first-order chi connectivity index (χ1) is 11.0. The normalized spacial score (nSPS) is 15.5. The predicted octanol–water partition coefficient (Wildman–Crippen LogP) is 4.61. The van der Waals surface area contributed by atoms with Crippen molar-refractivity contribution in [2.75, 3.05) is 0 Å². The van der Waals surface area contributed by atoms with E-state index < -0.39 is 47.9 Å². The average Bonchev–Trinajstić information content (AvgIpc) is 2.33. The summed E-state index contributed by atoms with van der Waals surface area (Å²) in [4.78, 5) is 0. The Morgan fingerprint density at radius 3 is 1.00 bits per heavy atom. The van der Waals surface area contributed by atoms with Gasteiger partial charge in [0.2, 0.25) is 0 Å². The van der Waals surface area contributed by atoms with E-state index >= 15 is 0 Å². The summed E-state index contributed by atoms with van der Waals surface area (Å²) in [5.41, 5.74) is 0. The molecule has 0 aromatic carbocycles. The molecule has 17 heteroatoms. The van der Waals surface area contributed by atoms with Crippen molar-refractivity contribution in [2.24, 2.45) is 0 Å². The third kappa shape index (κ3) is 4.59. The maximum Gasteiger partial charge on any atom is 0.462 e. The molecule has 0 amide bonds. The second kappa shape index (κ2) is 6.81. The zero-order valence-electron chi connectivity index (χ0n) is 11.4. The summed E-state index contributed by atoms with van der Waals surface area (Å²) in [5, 5.41) is -1.65. The van der Waals surface area contributed by atoms with Crippen molar-refractivity contribution in [1.82, 2.24) is 0 Å². The fourth-order valence-electron chi connectivity index (χ4n) is 0.913. The van der Waals surface area contributed by atoms with Gasteiger partial charge in [-0.1, -0.05) is 6.58 Å². The van der Waals surface area contributed by atoms with Crippen LogP contribution in [0.1, 0.15) is 0 Å². The van der Waals surface area contributed by atoms with Crippen molar-refractivity contribution in [3.8, 4) is 0 Å². The Morgan fingerprint density at radius 2 is 0.846 bits per heavy atom. The maximum atomic E-state index is 12.9. The molecule has 0 aromatic rings. The van der Waals surface area contributed by atoms with Gasteiger partial charge in [-0.15, -0.1) is 0 Å². The van der Waals surface area contributed by atoms with E-state index in [0.29, 0.717) is 0 Å². The van der Waals surface area contributed by atoms with E-state index in [9.17, 15) is 61.5 Å². The number of halogens is 14. The molecule has 0 aliphatic rings. The molecule has 0 atom stereocenters. The average molecular weight is 437 g/mol. The fourth-order valence-corrected chi connectivity index (χ4v) is 1.03. The molecular weight excluding hydrogens is 434 g/mol. The Hall–Kier alpha value is -1.10. The molecule has 0 N–H and O–H groups in total. The summed E-state index contributed by atoms with van der Waals surface area (Å²) in [6.45, 7) is 2.36. The third-order valence-electron chi connectivity index (χ3n) is 2.24. The standard InChI is InChI=1S/C9H3F14O2Si/c1-2(26)3(24-8(20,21)4(10,11)6(14,15)16)25-9(22,23)5(12,13)7(17,18)19/h3H,1H2. The highest BCUT2D eigenvalue weighted by Gasteiger charge is 2.77. The first-order valence-corrected chi connectivity index (χ1v) is 5.92. The number of hydrogen-bond acceptors (Lipinski definition) is 2. The Morgan fingerprint density at radius 1 is 0.615 bits per heavy atom. The number of rotatable bonds is 7. The van der Waals surface area contributed by atoms with Gasteiger partial charge in [-0.2, -0.15) is 61.5 Å². The fraction of sp³-hybridized carbons (Fsp3) is 0.778. The van der Waals surface area contributed by atoms with Crippen LogP contribution >= 0.6 is 0 Å². The van der Waals surface area contributed by atoms with Crippen LogP contribution in [0.4, 0.5) is 61.5 Å². The topological polar surface area (TPSA) is 18.5 Å². The first-order valence-electron chi connectivity index (χ1n) is 5.42. The van der Waals surface area contributed by atoms with Gasteiger partial charge in [0.05, 0.1) is 10.2 Å². The molecular formula is C9H3F14O2Si. The van der Waals surface area contributed by atoms with Gasteiger partial charge in [0.15, 0.2) is 6.29 Å². The molecule has 0 fully saturated rings. The molecule has 0 saturated heterocycles. The summed E-state index contributed by atoms with van der Waals surface area (Å²) in [6, 6.07) is 0. The van der Waals surface area contributed by atoms with E-state index in [2.05, 4.69) is 16.1 Å². The van der Waals surface area contributed by atoms with Gasteiger partial charge < -0.3 is 0 Å². The van der Waals surface area contributed by atoms with Crippen LogP contribution in [0.3, 0.4) is 0 Å². The molecule has 0 bridgehead atoms. The second-order valence-electron chi connectivity index (χ2n) is 4.27. The smallest absolute Gasteiger partial charge is 0.282 e. The number of alkyl halides is 14.